The van der Waals surface area contributed by atoms with Gasteiger partial charge in [-0.1, -0.05) is 24.3 Å². The van der Waals surface area contributed by atoms with E-state index in [9.17, 15) is 0 Å². The molecule has 0 aliphatic heterocycles. The van der Waals surface area contributed by atoms with E-state index in [4.69, 9.17) is 0 Å². The van der Waals surface area contributed by atoms with Crippen molar-refractivity contribution >= 4 is 0 Å². The quantitative estimate of drug-likeness (QED) is 0.844. The normalized spacial score (nSPS) is 14.5. The highest BCUT2D eigenvalue weighted by Crippen LogP contribution is 2.30. The topological polar surface area (TPSA) is 12.0 Å². The maximum Gasteiger partial charge on any atom is 0.0208 e. The van der Waals surface area contributed by atoms with Crippen molar-refractivity contribution in [3.05, 3.63) is 58.1 Å². The van der Waals surface area contributed by atoms with Crippen LogP contribution in [0.1, 0.15) is 40.7 Å². The van der Waals surface area contributed by atoms with E-state index in [0.717, 1.165) is 12.6 Å². The van der Waals surface area contributed by atoms with Gasteiger partial charge in [-0.3, -0.25) is 0 Å². The highest BCUT2D eigenvalue weighted by molar-refractivity contribution is 5.72. The molecular formula is C20H25N. The number of hydrogen-bond acceptors (Lipinski definition) is 1. The van der Waals surface area contributed by atoms with Crippen LogP contribution in [0.15, 0.2) is 30.3 Å². The van der Waals surface area contributed by atoms with Crippen molar-refractivity contribution in [1.82, 2.24) is 5.32 Å². The Hall–Kier alpha value is -1.60. The van der Waals surface area contributed by atoms with Crippen LogP contribution in [0.2, 0.25) is 0 Å². The standard InChI is InChI=1S/C20H25N/c1-13-5-6-17(12-21-18-7-8-18)11-20(13)19-10-15(3)14(2)9-16(19)4/h5-6,9-11,18,21H,7-8,12H2,1-4H3. The van der Waals surface area contributed by atoms with Gasteiger partial charge in [0, 0.05) is 12.6 Å². The Labute approximate surface area is 128 Å². The Kier molecular flexibility index (Phi) is 3.86. The molecule has 1 saturated carbocycles. The van der Waals surface area contributed by atoms with E-state index in [-0.39, 0.29) is 0 Å². The molecule has 21 heavy (non-hydrogen) atoms. The third kappa shape index (κ3) is 3.19. The zero-order chi connectivity index (χ0) is 15.0. The molecule has 1 fully saturated rings. The van der Waals surface area contributed by atoms with Crippen molar-refractivity contribution in [3.8, 4) is 11.1 Å². The first kappa shape index (κ1) is 14.3. The highest BCUT2D eigenvalue weighted by Gasteiger charge is 2.20. The lowest BCUT2D eigenvalue weighted by Crippen LogP contribution is -2.15. The summed E-state index contributed by atoms with van der Waals surface area (Å²) >= 11 is 0. The van der Waals surface area contributed by atoms with Crippen molar-refractivity contribution in [3.63, 3.8) is 0 Å². The first-order valence-corrected chi connectivity index (χ1v) is 7.96. The predicted octanol–water partition coefficient (Wildman–Crippen LogP) is 4.84. The molecule has 1 aliphatic rings. The maximum atomic E-state index is 3.61. The van der Waals surface area contributed by atoms with Crippen LogP contribution < -0.4 is 5.32 Å². The van der Waals surface area contributed by atoms with Gasteiger partial charge < -0.3 is 5.32 Å². The Morgan fingerprint density at radius 1 is 0.810 bits per heavy atom. The van der Waals surface area contributed by atoms with Crippen LogP contribution in [0.4, 0.5) is 0 Å². The lowest BCUT2D eigenvalue weighted by atomic mass is 9.92. The van der Waals surface area contributed by atoms with E-state index >= 15 is 0 Å². The Bertz CT molecular complexity index is 666. The molecule has 110 valence electrons. The third-order valence-corrected chi connectivity index (χ3v) is 4.61. The van der Waals surface area contributed by atoms with Crippen LogP contribution >= 0.6 is 0 Å². The molecule has 2 aromatic rings. The second-order valence-electron chi connectivity index (χ2n) is 6.56. The van der Waals surface area contributed by atoms with Gasteiger partial charge in [0.15, 0.2) is 0 Å². The molecule has 1 N–H and O–H groups in total. The average Bonchev–Trinajstić information content (AvgIpc) is 3.26. The molecule has 0 heterocycles. The van der Waals surface area contributed by atoms with Crippen LogP contribution in [0, 0.1) is 27.7 Å². The van der Waals surface area contributed by atoms with Gasteiger partial charge in [-0.25, -0.2) is 0 Å². The lowest BCUT2D eigenvalue weighted by Gasteiger charge is -2.14. The summed E-state index contributed by atoms with van der Waals surface area (Å²) in [4.78, 5) is 0. The first-order chi connectivity index (χ1) is 10.0. The molecule has 0 amide bonds. The van der Waals surface area contributed by atoms with E-state index in [1.54, 1.807) is 0 Å². The lowest BCUT2D eigenvalue weighted by molar-refractivity contribution is 0.688. The van der Waals surface area contributed by atoms with Gasteiger partial charge in [-0.05, 0) is 85.5 Å². The van der Waals surface area contributed by atoms with Gasteiger partial charge in [-0.2, -0.15) is 0 Å². The minimum atomic E-state index is 0.762. The number of benzene rings is 2. The van der Waals surface area contributed by atoms with Crippen LogP contribution in [-0.2, 0) is 6.54 Å². The molecule has 0 bridgehead atoms. The number of rotatable bonds is 4. The molecular weight excluding hydrogens is 254 g/mol. The van der Waals surface area contributed by atoms with Crippen LogP contribution in [-0.4, -0.2) is 6.04 Å². The fraction of sp³-hybridized carbons (Fsp3) is 0.400. The average molecular weight is 279 g/mol. The molecule has 0 unspecified atom stereocenters. The number of aryl methyl sites for hydroxylation is 4. The van der Waals surface area contributed by atoms with Crippen molar-refractivity contribution < 1.29 is 0 Å². The van der Waals surface area contributed by atoms with Gasteiger partial charge in [-0.15, -0.1) is 0 Å². The van der Waals surface area contributed by atoms with E-state index in [2.05, 4.69) is 63.3 Å². The van der Waals surface area contributed by atoms with Gasteiger partial charge in [0.25, 0.3) is 0 Å². The molecule has 2 aromatic carbocycles. The Morgan fingerprint density at radius 3 is 2.19 bits per heavy atom. The summed E-state index contributed by atoms with van der Waals surface area (Å²) in [6, 6.07) is 12.3. The summed E-state index contributed by atoms with van der Waals surface area (Å²) in [5.74, 6) is 0. The molecule has 1 aliphatic carbocycles. The minimum absolute atomic E-state index is 0.762. The van der Waals surface area contributed by atoms with Gasteiger partial charge in [0.05, 0.1) is 0 Å². The molecule has 0 atom stereocenters. The zero-order valence-corrected chi connectivity index (χ0v) is 13.6. The van der Waals surface area contributed by atoms with E-state index < -0.39 is 0 Å². The first-order valence-electron chi connectivity index (χ1n) is 7.96. The second kappa shape index (κ2) is 5.65. The molecule has 0 radical (unpaired) electrons. The maximum absolute atomic E-state index is 3.61. The minimum Gasteiger partial charge on any atom is -0.310 e. The largest absolute Gasteiger partial charge is 0.310 e. The van der Waals surface area contributed by atoms with Crippen LogP contribution in [0.5, 0.6) is 0 Å². The van der Waals surface area contributed by atoms with Crippen molar-refractivity contribution in [2.45, 2.75) is 53.1 Å². The highest BCUT2D eigenvalue weighted by atomic mass is 14.9. The SMILES string of the molecule is Cc1cc(C)c(-c2cc(CNC3CC3)ccc2C)cc1C. The third-order valence-electron chi connectivity index (χ3n) is 4.61. The fourth-order valence-corrected chi connectivity index (χ4v) is 2.87. The van der Waals surface area contributed by atoms with Crippen LogP contribution in [0.3, 0.4) is 0 Å². The van der Waals surface area contributed by atoms with E-state index in [1.807, 2.05) is 0 Å². The van der Waals surface area contributed by atoms with Crippen molar-refractivity contribution in [1.29, 1.82) is 0 Å². The second-order valence-corrected chi connectivity index (χ2v) is 6.56. The smallest absolute Gasteiger partial charge is 0.0208 e. The molecule has 3 rings (SSSR count). The summed E-state index contributed by atoms with van der Waals surface area (Å²) < 4.78 is 0. The molecule has 1 heteroatoms. The van der Waals surface area contributed by atoms with E-state index in [1.165, 1.54) is 51.8 Å². The zero-order valence-electron chi connectivity index (χ0n) is 13.6. The summed E-state index contributed by atoms with van der Waals surface area (Å²) in [7, 11) is 0. The fourth-order valence-electron chi connectivity index (χ4n) is 2.87. The summed E-state index contributed by atoms with van der Waals surface area (Å²) in [5, 5.41) is 3.61. The monoisotopic (exact) mass is 279 g/mol. The molecule has 0 saturated heterocycles. The van der Waals surface area contributed by atoms with Gasteiger partial charge in [0.2, 0.25) is 0 Å². The molecule has 0 spiro atoms. The molecule has 0 aromatic heterocycles. The van der Waals surface area contributed by atoms with Gasteiger partial charge in [0.1, 0.15) is 0 Å². The van der Waals surface area contributed by atoms with Crippen molar-refractivity contribution in [2.75, 3.05) is 0 Å². The van der Waals surface area contributed by atoms with E-state index in [0.29, 0.717) is 0 Å². The summed E-state index contributed by atoms with van der Waals surface area (Å²) in [6.07, 6.45) is 2.68. The van der Waals surface area contributed by atoms with Gasteiger partial charge >= 0.3 is 0 Å². The number of hydrogen-bond donors (Lipinski definition) is 1. The number of nitrogens with one attached hydrogen (secondary N) is 1. The predicted molar refractivity (Wildman–Crippen MR) is 90.7 cm³/mol. The van der Waals surface area contributed by atoms with Crippen LogP contribution in [0.25, 0.3) is 11.1 Å². The Balaban J connectivity index is 1.96. The molecule has 1 nitrogen and oxygen atoms in total. The summed E-state index contributed by atoms with van der Waals surface area (Å²) in [5.41, 5.74) is 9.62. The van der Waals surface area contributed by atoms with Crippen molar-refractivity contribution in [2.24, 2.45) is 0 Å². The summed E-state index contributed by atoms with van der Waals surface area (Å²) in [6.45, 7) is 9.81. The Morgan fingerprint density at radius 2 is 1.48 bits per heavy atom.